The summed E-state index contributed by atoms with van der Waals surface area (Å²) in [4.78, 5) is 16.8. The molecular formula is C20H13N5O2. The molecule has 3 aromatic heterocycles. The van der Waals surface area contributed by atoms with Gasteiger partial charge in [0.15, 0.2) is 11.4 Å². The van der Waals surface area contributed by atoms with Crippen LogP contribution >= 0.6 is 0 Å². The van der Waals surface area contributed by atoms with Crippen LogP contribution in [-0.4, -0.2) is 19.9 Å². The quantitative estimate of drug-likeness (QED) is 0.500. The van der Waals surface area contributed by atoms with Gasteiger partial charge >= 0.3 is 0 Å². The number of para-hydroxylation sites is 1. The summed E-state index contributed by atoms with van der Waals surface area (Å²) < 4.78 is 11.7. The molecule has 0 saturated heterocycles. The highest BCUT2D eigenvalue weighted by Crippen LogP contribution is 2.32. The van der Waals surface area contributed by atoms with Gasteiger partial charge in [-0.2, -0.15) is 0 Å². The highest BCUT2D eigenvalue weighted by Gasteiger charge is 2.13. The van der Waals surface area contributed by atoms with E-state index in [0.29, 0.717) is 23.0 Å². The molecule has 0 spiro atoms. The third-order valence-electron chi connectivity index (χ3n) is 4.02. The van der Waals surface area contributed by atoms with E-state index in [2.05, 4.69) is 25.3 Å². The fraction of sp³-hybridized carbons (Fsp3) is 0. The highest BCUT2D eigenvalue weighted by atomic mass is 16.5. The average molecular weight is 355 g/mol. The molecule has 2 aromatic carbocycles. The number of benzene rings is 2. The van der Waals surface area contributed by atoms with Crippen molar-refractivity contribution in [3.63, 3.8) is 0 Å². The molecular weight excluding hydrogens is 342 g/mol. The smallest absolute Gasteiger partial charge is 0.237 e. The largest absolute Gasteiger partial charge is 0.450 e. The van der Waals surface area contributed by atoms with E-state index in [-0.39, 0.29) is 0 Å². The summed E-state index contributed by atoms with van der Waals surface area (Å²) in [7, 11) is 0. The molecule has 0 fully saturated rings. The predicted octanol–water partition coefficient (Wildman–Crippen LogP) is 4.70. The molecule has 5 rings (SSSR count). The second-order valence-electron chi connectivity index (χ2n) is 5.80. The number of hydrogen-bond donors (Lipinski definition) is 1. The Balaban J connectivity index is 1.49. The summed E-state index contributed by atoms with van der Waals surface area (Å²) in [6.07, 6.45) is 6.25. The number of hydrogen-bond acceptors (Lipinski definition) is 7. The molecule has 7 nitrogen and oxygen atoms in total. The van der Waals surface area contributed by atoms with Gasteiger partial charge < -0.3 is 14.5 Å². The standard InChI is InChI=1S/C20H13N5O2/c1-2-7-16-15(6-1)18-19(27-16)20(24-12-23-18)25-13-4-3-5-14(10-13)26-17-11-21-8-9-22-17/h1-12H,(H,23,24,25). The molecule has 27 heavy (non-hydrogen) atoms. The van der Waals surface area contributed by atoms with Crippen molar-refractivity contribution < 1.29 is 9.15 Å². The van der Waals surface area contributed by atoms with Gasteiger partial charge in [0.2, 0.25) is 5.88 Å². The van der Waals surface area contributed by atoms with Crippen LogP contribution < -0.4 is 10.1 Å². The SMILES string of the molecule is c1cc(Nc2ncnc3c2oc2ccccc23)cc(Oc2cnccn2)c1. The summed E-state index contributed by atoms with van der Waals surface area (Å²) in [5.74, 6) is 1.65. The Morgan fingerprint density at radius 1 is 0.926 bits per heavy atom. The van der Waals surface area contributed by atoms with Gasteiger partial charge in [0.05, 0.1) is 6.20 Å². The zero-order chi connectivity index (χ0) is 18.1. The van der Waals surface area contributed by atoms with Crippen molar-refractivity contribution in [1.82, 2.24) is 19.9 Å². The molecule has 0 amide bonds. The van der Waals surface area contributed by atoms with Gasteiger partial charge in [-0.05, 0) is 24.3 Å². The maximum absolute atomic E-state index is 5.94. The van der Waals surface area contributed by atoms with Gasteiger partial charge in [-0.25, -0.2) is 15.0 Å². The first-order valence-electron chi connectivity index (χ1n) is 8.30. The van der Waals surface area contributed by atoms with Crippen LogP contribution in [-0.2, 0) is 0 Å². The van der Waals surface area contributed by atoms with Crippen molar-refractivity contribution >= 4 is 33.6 Å². The molecule has 0 aliphatic carbocycles. The van der Waals surface area contributed by atoms with Gasteiger partial charge in [0, 0.05) is 29.5 Å². The second kappa shape index (κ2) is 6.38. The fourth-order valence-electron chi connectivity index (χ4n) is 2.85. The number of fused-ring (bicyclic) bond motifs is 3. The van der Waals surface area contributed by atoms with Crippen LogP contribution in [0.15, 0.2) is 77.9 Å². The average Bonchev–Trinajstić information content (AvgIpc) is 3.09. The molecule has 3 heterocycles. The topological polar surface area (TPSA) is 86.0 Å². The first-order valence-corrected chi connectivity index (χ1v) is 8.30. The molecule has 5 aromatic rings. The van der Waals surface area contributed by atoms with Gasteiger partial charge in [-0.3, -0.25) is 4.98 Å². The van der Waals surface area contributed by atoms with E-state index in [1.807, 2.05) is 48.5 Å². The number of ether oxygens (including phenoxy) is 1. The van der Waals surface area contributed by atoms with Crippen molar-refractivity contribution in [1.29, 1.82) is 0 Å². The molecule has 0 radical (unpaired) electrons. The van der Waals surface area contributed by atoms with Crippen molar-refractivity contribution in [3.8, 4) is 11.6 Å². The number of rotatable bonds is 4. The van der Waals surface area contributed by atoms with Crippen LogP contribution in [0.25, 0.3) is 22.1 Å². The van der Waals surface area contributed by atoms with E-state index < -0.39 is 0 Å². The van der Waals surface area contributed by atoms with Crippen molar-refractivity contribution in [2.75, 3.05) is 5.32 Å². The van der Waals surface area contributed by atoms with E-state index in [4.69, 9.17) is 9.15 Å². The van der Waals surface area contributed by atoms with E-state index in [1.54, 1.807) is 18.6 Å². The Kier molecular flexibility index (Phi) is 3.61. The van der Waals surface area contributed by atoms with Crippen LogP contribution in [0.5, 0.6) is 11.6 Å². The lowest BCUT2D eigenvalue weighted by molar-refractivity contribution is 0.460. The number of anilines is 2. The van der Waals surface area contributed by atoms with E-state index >= 15 is 0 Å². The summed E-state index contributed by atoms with van der Waals surface area (Å²) in [5, 5.41) is 4.23. The first kappa shape index (κ1) is 15.3. The zero-order valence-electron chi connectivity index (χ0n) is 14.0. The zero-order valence-corrected chi connectivity index (χ0v) is 14.0. The minimum Gasteiger partial charge on any atom is -0.450 e. The molecule has 130 valence electrons. The molecule has 0 atom stereocenters. The minimum atomic E-state index is 0.427. The Morgan fingerprint density at radius 3 is 2.81 bits per heavy atom. The van der Waals surface area contributed by atoms with Crippen molar-refractivity contribution in [2.24, 2.45) is 0 Å². The highest BCUT2D eigenvalue weighted by molar-refractivity contribution is 6.05. The van der Waals surface area contributed by atoms with Gasteiger partial charge in [0.25, 0.3) is 0 Å². The molecule has 7 heteroatoms. The fourth-order valence-corrected chi connectivity index (χ4v) is 2.85. The van der Waals surface area contributed by atoms with Crippen LogP contribution in [0.1, 0.15) is 0 Å². The third-order valence-corrected chi connectivity index (χ3v) is 4.02. The molecule has 0 bridgehead atoms. The number of nitrogens with one attached hydrogen (secondary N) is 1. The maximum Gasteiger partial charge on any atom is 0.237 e. The maximum atomic E-state index is 5.94. The van der Waals surface area contributed by atoms with Crippen LogP contribution in [0.2, 0.25) is 0 Å². The van der Waals surface area contributed by atoms with Crippen molar-refractivity contribution in [3.05, 3.63) is 73.4 Å². The van der Waals surface area contributed by atoms with Crippen LogP contribution in [0.4, 0.5) is 11.5 Å². The molecule has 0 unspecified atom stereocenters. The lowest BCUT2D eigenvalue weighted by atomic mass is 10.2. The Labute approximate surface area is 153 Å². The summed E-state index contributed by atoms with van der Waals surface area (Å²) in [6.45, 7) is 0. The Hall–Kier alpha value is -4.00. The molecule has 0 aliphatic rings. The summed E-state index contributed by atoms with van der Waals surface area (Å²) >= 11 is 0. The Bertz CT molecular complexity index is 1240. The Morgan fingerprint density at radius 2 is 1.89 bits per heavy atom. The van der Waals surface area contributed by atoms with Crippen molar-refractivity contribution in [2.45, 2.75) is 0 Å². The van der Waals surface area contributed by atoms with E-state index in [1.165, 1.54) is 6.33 Å². The minimum absolute atomic E-state index is 0.427. The molecule has 1 N–H and O–H groups in total. The molecule has 0 saturated carbocycles. The lowest BCUT2D eigenvalue weighted by Gasteiger charge is -2.08. The number of furan rings is 1. The van der Waals surface area contributed by atoms with Gasteiger partial charge in [-0.1, -0.05) is 18.2 Å². The number of aromatic nitrogens is 4. The van der Waals surface area contributed by atoms with Gasteiger partial charge in [-0.15, -0.1) is 0 Å². The van der Waals surface area contributed by atoms with E-state index in [9.17, 15) is 0 Å². The summed E-state index contributed by atoms with van der Waals surface area (Å²) in [6, 6.07) is 15.3. The predicted molar refractivity (Wildman–Crippen MR) is 101 cm³/mol. The lowest BCUT2D eigenvalue weighted by Crippen LogP contribution is -1.95. The van der Waals surface area contributed by atoms with Crippen LogP contribution in [0, 0.1) is 0 Å². The van der Waals surface area contributed by atoms with Crippen LogP contribution in [0.3, 0.4) is 0 Å². The third kappa shape index (κ3) is 2.91. The number of nitrogens with zero attached hydrogens (tertiary/aromatic N) is 4. The monoisotopic (exact) mass is 355 g/mol. The normalized spacial score (nSPS) is 11.0. The molecule has 0 aliphatic heterocycles. The van der Waals surface area contributed by atoms with Gasteiger partial charge in [0.1, 0.15) is 23.2 Å². The van der Waals surface area contributed by atoms with E-state index in [0.717, 1.165) is 22.2 Å². The first-order chi connectivity index (χ1) is 13.4. The summed E-state index contributed by atoms with van der Waals surface area (Å²) in [5.41, 5.74) is 2.96. The second-order valence-corrected chi connectivity index (χ2v) is 5.80.